The van der Waals surface area contributed by atoms with Crippen molar-refractivity contribution in [3.63, 3.8) is 0 Å². The highest BCUT2D eigenvalue weighted by Crippen LogP contribution is 2.21. The van der Waals surface area contributed by atoms with Crippen LogP contribution in [0, 0.1) is 6.92 Å². The van der Waals surface area contributed by atoms with Crippen LogP contribution in [0.4, 0.5) is 0 Å². The van der Waals surface area contributed by atoms with Crippen molar-refractivity contribution in [1.29, 1.82) is 0 Å². The highest BCUT2D eigenvalue weighted by Gasteiger charge is 2.14. The van der Waals surface area contributed by atoms with Crippen molar-refractivity contribution in [2.75, 3.05) is 0 Å². The van der Waals surface area contributed by atoms with Crippen LogP contribution in [0.15, 0.2) is 29.3 Å². The minimum Gasteiger partial charge on any atom is -0.312 e. The molecule has 0 unspecified atom stereocenters. The Morgan fingerprint density at radius 3 is 2.72 bits per heavy atom. The summed E-state index contributed by atoms with van der Waals surface area (Å²) in [5.41, 5.74) is 5.49. The smallest absolute Gasteiger partial charge is 0.111 e. The van der Waals surface area contributed by atoms with Gasteiger partial charge < -0.3 is 5.43 Å². The Bertz CT molecular complexity index is 406. The second-order valence-electron chi connectivity index (χ2n) is 5.08. The number of nitrogens with two attached hydrogens (primary N) is 1. The summed E-state index contributed by atoms with van der Waals surface area (Å²) in [7, 11) is 0. The summed E-state index contributed by atoms with van der Waals surface area (Å²) in [4.78, 5) is 4.72. The number of amidine groups is 1. The summed E-state index contributed by atoms with van der Waals surface area (Å²) in [6.45, 7) is 2.15. The number of benzene rings is 1. The molecular formula is C15H23N3. The van der Waals surface area contributed by atoms with E-state index in [0.717, 1.165) is 18.7 Å². The maximum absolute atomic E-state index is 5.57. The number of aliphatic imine (C=N–C) groups is 1. The molecule has 0 amide bonds. The number of hydrogen-bond donors (Lipinski definition) is 2. The monoisotopic (exact) mass is 245 g/mol. The first-order valence-electron chi connectivity index (χ1n) is 6.87. The third-order valence-electron chi connectivity index (χ3n) is 3.72. The number of aryl methyl sites for hydroxylation is 2. The van der Waals surface area contributed by atoms with Crippen LogP contribution in [0.1, 0.15) is 43.2 Å². The lowest BCUT2D eigenvalue weighted by Gasteiger charge is -2.10. The Hall–Kier alpha value is -1.35. The Balaban J connectivity index is 1.92. The predicted molar refractivity (Wildman–Crippen MR) is 76.5 cm³/mol. The third kappa shape index (κ3) is 3.57. The molecule has 1 saturated carbocycles. The molecule has 0 aliphatic heterocycles. The molecule has 0 spiro atoms. The van der Waals surface area contributed by atoms with Gasteiger partial charge in [-0.25, -0.2) is 5.84 Å². The zero-order valence-electron chi connectivity index (χ0n) is 11.2. The van der Waals surface area contributed by atoms with Crippen LogP contribution >= 0.6 is 0 Å². The van der Waals surface area contributed by atoms with E-state index in [1.165, 1.54) is 36.8 Å². The van der Waals surface area contributed by atoms with Crippen LogP contribution in [-0.4, -0.2) is 11.9 Å². The topological polar surface area (TPSA) is 50.4 Å². The lowest BCUT2D eigenvalue weighted by molar-refractivity contribution is 0.694. The average molecular weight is 245 g/mol. The molecule has 0 heterocycles. The highest BCUT2D eigenvalue weighted by molar-refractivity contribution is 5.82. The molecule has 0 saturated heterocycles. The van der Waals surface area contributed by atoms with E-state index in [4.69, 9.17) is 10.8 Å². The minimum atomic E-state index is 0.493. The second-order valence-corrected chi connectivity index (χ2v) is 5.08. The molecule has 98 valence electrons. The van der Waals surface area contributed by atoms with Gasteiger partial charge in [-0.2, -0.15) is 0 Å². The molecular weight excluding hydrogens is 222 g/mol. The van der Waals surface area contributed by atoms with Gasteiger partial charge in [-0.1, -0.05) is 37.1 Å². The van der Waals surface area contributed by atoms with Gasteiger partial charge in [0.1, 0.15) is 5.84 Å². The molecule has 3 N–H and O–H groups in total. The maximum atomic E-state index is 5.57. The van der Waals surface area contributed by atoms with E-state index in [-0.39, 0.29) is 0 Å². The molecule has 1 aliphatic carbocycles. The number of hydrazine groups is 1. The summed E-state index contributed by atoms with van der Waals surface area (Å²) in [5, 5.41) is 0. The number of hydrogen-bond acceptors (Lipinski definition) is 2. The molecule has 0 radical (unpaired) electrons. The van der Waals surface area contributed by atoms with E-state index in [0.29, 0.717) is 6.04 Å². The van der Waals surface area contributed by atoms with Gasteiger partial charge in [0.15, 0.2) is 0 Å². The zero-order valence-corrected chi connectivity index (χ0v) is 11.2. The van der Waals surface area contributed by atoms with Gasteiger partial charge in [0, 0.05) is 6.42 Å². The van der Waals surface area contributed by atoms with Crippen molar-refractivity contribution in [1.82, 2.24) is 5.43 Å². The van der Waals surface area contributed by atoms with E-state index in [9.17, 15) is 0 Å². The molecule has 3 nitrogen and oxygen atoms in total. The molecule has 0 atom stereocenters. The van der Waals surface area contributed by atoms with Crippen molar-refractivity contribution in [3.05, 3.63) is 35.4 Å². The summed E-state index contributed by atoms with van der Waals surface area (Å²) in [6, 6.07) is 8.99. The molecule has 0 bridgehead atoms. The first kappa shape index (κ1) is 13.1. The molecule has 18 heavy (non-hydrogen) atoms. The van der Waals surface area contributed by atoms with Crippen LogP contribution in [-0.2, 0) is 6.42 Å². The zero-order chi connectivity index (χ0) is 12.8. The van der Waals surface area contributed by atoms with Crippen LogP contribution in [0.5, 0.6) is 0 Å². The largest absolute Gasteiger partial charge is 0.312 e. The van der Waals surface area contributed by atoms with Gasteiger partial charge >= 0.3 is 0 Å². The molecule has 0 aromatic heterocycles. The van der Waals surface area contributed by atoms with Crippen molar-refractivity contribution >= 4 is 5.84 Å². The average Bonchev–Trinajstić information content (AvgIpc) is 2.89. The molecule has 1 fully saturated rings. The number of rotatable bonds is 4. The normalized spacial score (nSPS) is 17.1. The van der Waals surface area contributed by atoms with Gasteiger partial charge in [0.2, 0.25) is 0 Å². The SMILES string of the molecule is Cc1ccccc1CCC(=NC1CCCC1)NN. The Morgan fingerprint density at radius 2 is 2.06 bits per heavy atom. The molecule has 2 rings (SSSR count). The van der Waals surface area contributed by atoms with Crippen LogP contribution in [0.2, 0.25) is 0 Å². The Morgan fingerprint density at radius 1 is 1.33 bits per heavy atom. The maximum Gasteiger partial charge on any atom is 0.111 e. The quantitative estimate of drug-likeness (QED) is 0.371. The van der Waals surface area contributed by atoms with Gasteiger partial charge in [0.25, 0.3) is 0 Å². The van der Waals surface area contributed by atoms with Crippen molar-refractivity contribution in [2.24, 2.45) is 10.8 Å². The van der Waals surface area contributed by atoms with Gasteiger partial charge in [-0.15, -0.1) is 0 Å². The fourth-order valence-corrected chi connectivity index (χ4v) is 2.57. The molecule has 1 aromatic carbocycles. The van der Waals surface area contributed by atoms with Crippen molar-refractivity contribution in [3.8, 4) is 0 Å². The first-order valence-corrected chi connectivity index (χ1v) is 6.87. The standard InChI is InChI=1S/C15H23N3/c1-12-6-2-3-7-13(12)10-11-15(18-16)17-14-8-4-5-9-14/h2-3,6-7,14H,4-5,8-11,16H2,1H3,(H,17,18). The van der Waals surface area contributed by atoms with Gasteiger partial charge in [0.05, 0.1) is 6.04 Å². The van der Waals surface area contributed by atoms with E-state index < -0.39 is 0 Å². The lowest BCUT2D eigenvalue weighted by Crippen LogP contribution is -2.31. The molecule has 1 aromatic rings. The number of nitrogens with zero attached hydrogens (tertiary/aromatic N) is 1. The summed E-state index contributed by atoms with van der Waals surface area (Å²) >= 11 is 0. The Kier molecular flexibility index (Phi) is 4.76. The van der Waals surface area contributed by atoms with Crippen molar-refractivity contribution in [2.45, 2.75) is 51.5 Å². The van der Waals surface area contributed by atoms with Crippen LogP contribution in [0.3, 0.4) is 0 Å². The van der Waals surface area contributed by atoms with Crippen molar-refractivity contribution < 1.29 is 0 Å². The number of nitrogens with one attached hydrogen (secondary N) is 1. The van der Waals surface area contributed by atoms with Crippen LogP contribution < -0.4 is 11.3 Å². The van der Waals surface area contributed by atoms with E-state index >= 15 is 0 Å². The van der Waals surface area contributed by atoms with Gasteiger partial charge in [-0.3, -0.25) is 4.99 Å². The molecule has 3 heteroatoms. The predicted octanol–water partition coefficient (Wildman–Crippen LogP) is 2.73. The van der Waals surface area contributed by atoms with Crippen LogP contribution in [0.25, 0.3) is 0 Å². The summed E-state index contributed by atoms with van der Waals surface area (Å²) < 4.78 is 0. The fraction of sp³-hybridized carbons (Fsp3) is 0.533. The minimum absolute atomic E-state index is 0.493. The highest BCUT2D eigenvalue weighted by atomic mass is 15.3. The first-order chi connectivity index (χ1) is 8.79. The van der Waals surface area contributed by atoms with Gasteiger partial charge in [-0.05, 0) is 37.3 Å². The second kappa shape index (κ2) is 6.55. The lowest BCUT2D eigenvalue weighted by atomic mass is 10.0. The molecule has 1 aliphatic rings. The fourth-order valence-electron chi connectivity index (χ4n) is 2.57. The van der Waals surface area contributed by atoms with E-state index in [1.807, 2.05) is 0 Å². The third-order valence-corrected chi connectivity index (χ3v) is 3.72. The van der Waals surface area contributed by atoms with E-state index in [2.05, 4.69) is 36.6 Å². The van der Waals surface area contributed by atoms with E-state index in [1.54, 1.807) is 0 Å². The summed E-state index contributed by atoms with van der Waals surface area (Å²) in [5.74, 6) is 6.52. The summed E-state index contributed by atoms with van der Waals surface area (Å²) in [6.07, 6.45) is 6.96. The Labute approximate surface area is 109 Å².